The summed E-state index contributed by atoms with van der Waals surface area (Å²) >= 11 is 0. The zero-order valence-electron chi connectivity index (χ0n) is 16.6. The van der Waals surface area contributed by atoms with E-state index >= 15 is 0 Å². The molecular weight excluding hydrogens is 435 g/mol. The van der Waals surface area contributed by atoms with Gasteiger partial charge in [-0.2, -0.15) is 0 Å². The average molecular weight is 451 g/mol. The number of rotatable bonds is 8. The van der Waals surface area contributed by atoms with E-state index in [4.69, 9.17) is 9.47 Å². The van der Waals surface area contributed by atoms with Crippen LogP contribution in [0.25, 0.3) is 0 Å². The number of alkyl halides is 3. The quantitative estimate of drug-likeness (QED) is 0.368. The van der Waals surface area contributed by atoms with E-state index in [-0.39, 0.29) is 17.3 Å². The number of nitrogens with zero attached hydrogens (tertiary/aromatic N) is 3. The van der Waals surface area contributed by atoms with Gasteiger partial charge in [0.05, 0.1) is 24.8 Å². The minimum absolute atomic E-state index is 0.143. The van der Waals surface area contributed by atoms with Crippen LogP contribution in [0, 0.1) is 10.1 Å². The molecule has 32 heavy (non-hydrogen) atoms. The Bertz CT molecular complexity index is 1110. The van der Waals surface area contributed by atoms with Crippen LogP contribution in [0.1, 0.15) is 0 Å². The maximum absolute atomic E-state index is 12.3. The van der Waals surface area contributed by atoms with Gasteiger partial charge in [-0.1, -0.05) is 0 Å². The van der Waals surface area contributed by atoms with Crippen molar-refractivity contribution in [3.8, 4) is 17.2 Å². The van der Waals surface area contributed by atoms with Crippen molar-refractivity contribution < 1.29 is 32.3 Å². The van der Waals surface area contributed by atoms with Gasteiger partial charge in [0, 0.05) is 11.8 Å². The van der Waals surface area contributed by atoms with Crippen LogP contribution >= 0.6 is 0 Å². The predicted molar refractivity (Wildman–Crippen MR) is 108 cm³/mol. The van der Waals surface area contributed by atoms with Gasteiger partial charge in [0.2, 0.25) is 11.6 Å². The first-order chi connectivity index (χ1) is 15.2. The summed E-state index contributed by atoms with van der Waals surface area (Å²) in [6, 6.07) is 9.45. The third kappa shape index (κ3) is 5.44. The number of hydrogen-bond acceptors (Lipinski definition) is 9. The normalized spacial score (nSPS) is 10.9. The number of methoxy groups -OCH3 is 2. The average Bonchev–Trinajstić information content (AvgIpc) is 2.74. The number of nitro groups is 1. The molecule has 0 unspecified atom stereocenters. The number of nitrogens with one attached hydrogen (secondary N) is 2. The van der Waals surface area contributed by atoms with Gasteiger partial charge >= 0.3 is 12.0 Å². The van der Waals surface area contributed by atoms with Crippen LogP contribution < -0.4 is 24.8 Å². The molecule has 0 radical (unpaired) electrons. The Labute approximate surface area is 179 Å². The molecule has 0 saturated heterocycles. The molecule has 0 aliphatic carbocycles. The molecule has 1 heterocycles. The van der Waals surface area contributed by atoms with Gasteiger partial charge < -0.3 is 24.8 Å². The van der Waals surface area contributed by atoms with Crippen LogP contribution in [0.2, 0.25) is 0 Å². The third-order valence-corrected chi connectivity index (χ3v) is 4.02. The standard InChI is InChI=1S/C19H16F3N5O5/c1-30-13-7-8-15(31-2)14(9-13)26-18-16(27(28)29)17(23-10-24-18)25-11-3-5-12(6-4-11)32-19(20,21)22/h3-10H,1-2H3,(H2,23,24,25,26). The third-order valence-electron chi connectivity index (χ3n) is 4.02. The first kappa shape index (κ1) is 22.4. The summed E-state index contributed by atoms with van der Waals surface area (Å²) in [5, 5.41) is 17.3. The number of hydrogen-bond donors (Lipinski definition) is 2. The number of halogens is 3. The number of ether oxygens (including phenoxy) is 3. The van der Waals surface area contributed by atoms with Crippen molar-refractivity contribution in [2.75, 3.05) is 24.9 Å². The van der Waals surface area contributed by atoms with Crippen molar-refractivity contribution in [1.29, 1.82) is 0 Å². The van der Waals surface area contributed by atoms with Crippen LogP contribution in [0.4, 0.5) is 41.9 Å². The van der Waals surface area contributed by atoms with Gasteiger partial charge in [0.25, 0.3) is 0 Å². The second-order valence-electron chi connectivity index (χ2n) is 6.06. The van der Waals surface area contributed by atoms with Crippen molar-refractivity contribution >= 4 is 28.7 Å². The summed E-state index contributed by atoms with van der Waals surface area (Å²) in [6.45, 7) is 0. The number of aromatic nitrogens is 2. The largest absolute Gasteiger partial charge is 0.573 e. The van der Waals surface area contributed by atoms with Crippen molar-refractivity contribution in [3.63, 3.8) is 0 Å². The van der Waals surface area contributed by atoms with Crippen LogP contribution in [0.15, 0.2) is 48.8 Å². The lowest BCUT2D eigenvalue weighted by molar-refractivity contribution is -0.383. The highest BCUT2D eigenvalue weighted by molar-refractivity contribution is 5.78. The van der Waals surface area contributed by atoms with Crippen LogP contribution in [-0.4, -0.2) is 35.5 Å². The smallest absolute Gasteiger partial charge is 0.497 e. The van der Waals surface area contributed by atoms with Gasteiger partial charge in [-0.15, -0.1) is 13.2 Å². The molecule has 3 rings (SSSR count). The van der Waals surface area contributed by atoms with Crippen LogP contribution in [0.5, 0.6) is 17.2 Å². The maximum atomic E-state index is 12.3. The summed E-state index contributed by atoms with van der Waals surface area (Å²) in [6.07, 6.45) is -3.74. The van der Waals surface area contributed by atoms with Gasteiger partial charge in [0.15, 0.2) is 0 Å². The molecule has 0 saturated carbocycles. The monoisotopic (exact) mass is 451 g/mol. The summed E-state index contributed by atoms with van der Waals surface area (Å²) in [7, 11) is 2.90. The molecule has 168 valence electrons. The molecule has 0 atom stereocenters. The Morgan fingerprint density at radius 3 is 2.12 bits per heavy atom. The topological polar surface area (TPSA) is 121 Å². The van der Waals surface area contributed by atoms with Crippen molar-refractivity contribution in [3.05, 3.63) is 58.9 Å². The van der Waals surface area contributed by atoms with Crippen LogP contribution in [-0.2, 0) is 0 Å². The van der Waals surface area contributed by atoms with Gasteiger partial charge in [-0.25, -0.2) is 9.97 Å². The lowest BCUT2D eigenvalue weighted by Gasteiger charge is -2.14. The summed E-state index contributed by atoms with van der Waals surface area (Å²) in [4.78, 5) is 18.9. The van der Waals surface area contributed by atoms with E-state index in [1.54, 1.807) is 18.2 Å². The number of anilines is 4. The van der Waals surface area contributed by atoms with Gasteiger partial charge in [-0.05, 0) is 36.4 Å². The van der Waals surface area contributed by atoms with Crippen molar-refractivity contribution in [2.24, 2.45) is 0 Å². The molecule has 2 N–H and O–H groups in total. The molecule has 0 spiro atoms. The molecule has 0 bridgehead atoms. The Morgan fingerprint density at radius 2 is 1.56 bits per heavy atom. The van der Waals surface area contributed by atoms with Gasteiger partial charge in [-0.3, -0.25) is 10.1 Å². The van der Waals surface area contributed by atoms with E-state index in [1.165, 1.54) is 26.4 Å². The molecule has 0 aliphatic heterocycles. The molecule has 0 amide bonds. The first-order valence-electron chi connectivity index (χ1n) is 8.81. The van der Waals surface area contributed by atoms with E-state index in [9.17, 15) is 23.3 Å². The fourth-order valence-corrected chi connectivity index (χ4v) is 2.65. The van der Waals surface area contributed by atoms with E-state index in [2.05, 4.69) is 25.3 Å². The van der Waals surface area contributed by atoms with Crippen molar-refractivity contribution in [1.82, 2.24) is 9.97 Å². The summed E-state index contributed by atoms with van der Waals surface area (Å²) in [5.41, 5.74) is 0.104. The Morgan fingerprint density at radius 1 is 0.938 bits per heavy atom. The molecule has 13 heteroatoms. The van der Waals surface area contributed by atoms with E-state index in [0.717, 1.165) is 18.5 Å². The lowest BCUT2D eigenvalue weighted by atomic mass is 10.2. The molecule has 2 aromatic carbocycles. The zero-order valence-corrected chi connectivity index (χ0v) is 16.6. The molecule has 0 fully saturated rings. The van der Waals surface area contributed by atoms with E-state index in [0.29, 0.717) is 17.2 Å². The molecule has 10 nitrogen and oxygen atoms in total. The molecule has 0 aliphatic rings. The second-order valence-corrected chi connectivity index (χ2v) is 6.06. The highest BCUT2D eigenvalue weighted by Gasteiger charge is 2.31. The lowest BCUT2D eigenvalue weighted by Crippen LogP contribution is -2.17. The molecule has 3 aromatic rings. The van der Waals surface area contributed by atoms with Crippen LogP contribution in [0.3, 0.4) is 0 Å². The summed E-state index contributed by atoms with van der Waals surface area (Å²) < 4.78 is 51.1. The maximum Gasteiger partial charge on any atom is 0.573 e. The highest BCUT2D eigenvalue weighted by Crippen LogP contribution is 2.37. The summed E-state index contributed by atoms with van der Waals surface area (Å²) in [5.74, 6) is 0.0978. The fourth-order valence-electron chi connectivity index (χ4n) is 2.65. The molecule has 1 aromatic heterocycles. The zero-order chi connectivity index (χ0) is 23.3. The van der Waals surface area contributed by atoms with Crippen molar-refractivity contribution in [2.45, 2.75) is 6.36 Å². The highest BCUT2D eigenvalue weighted by atomic mass is 19.4. The Kier molecular flexibility index (Phi) is 6.47. The first-order valence-corrected chi connectivity index (χ1v) is 8.81. The minimum Gasteiger partial charge on any atom is -0.497 e. The van der Waals surface area contributed by atoms with E-state index in [1.807, 2.05) is 0 Å². The molecular formula is C19H16F3N5O5. The Balaban J connectivity index is 1.91. The fraction of sp³-hybridized carbons (Fsp3) is 0.158. The van der Waals surface area contributed by atoms with E-state index < -0.39 is 22.7 Å². The Hall–Kier alpha value is -4.29. The second kappa shape index (κ2) is 9.24. The predicted octanol–water partition coefficient (Wildman–Crippen LogP) is 4.79. The SMILES string of the molecule is COc1ccc(OC)c(Nc2ncnc(Nc3ccc(OC(F)(F)F)cc3)c2[N+](=O)[O-])c1. The van der Waals surface area contributed by atoms with Gasteiger partial charge in [0.1, 0.15) is 23.6 Å². The minimum atomic E-state index is -4.83. The number of benzene rings is 2.